The Morgan fingerprint density at radius 1 is 1.29 bits per heavy atom. The van der Waals surface area contributed by atoms with E-state index in [1.54, 1.807) is 0 Å². The molecule has 1 saturated heterocycles. The molecule has 0 saturated carbocycles. The minimum atomic E-state index is -0.394. The van der Waals surface area contributed by atoms with Crippen LogP contribution in [0.5, 0.6) is 0 Å². The van der Waals surface area contributed by atoms with Crippen molar-refractivity contribution < 1.29 is 0 Å². The van der Waals surface area contributed by atoms with Crippen molar-refractivity contribution >= 4 is 0 Å². The first-order chi connectivity index (χ1) is 6.75. The fraction of sp³-hybridized carbons (Fsp3) is 0.556. The molecule has 2 aliphatic rings. The number of nitrogens with zero attached hydrogens (tertiary/aromatic N) is 1. The zero-order chi connectivity index (χ0) is 9.71. The van der Waals surface area contributed by atoms with Crippen LogP contribution in [-0.2, 0) is 6.54 Å². The minimum absolute atomic E-state index is 0.210. The predicted octanol–water partition coefficient (Wildman–Crippen LogP) is -0.286. The number of hydrogen-bond donors (Lipinski definition) is 2. The molecular formula is C9H11N3O2. The zero-order valence-corrected chi connectivity index (χ0v) is 7.67. The maximum Gasteiger partial charge on any atom is 0.325 e. The quantitative estimate of drug-likeness (QED) is 0.595. The van der Waals surface area contributed by atoms with Gasteiger partial charge in [-0.3, -0.25) is 14.7 Å². The molecule has 1 aromatic heterocycles. The van der Waals surface area contributed by atoms with E-state index in [-0.39, 0.29) is 11.6 Å². The molecule has 2 aliphatic heterocycles. The highest BCUT2D eigenvalue weighted by molar-refractivity contribution is 5.26. The Kier molecular flexibility index (Phi) is 1.47. The van der Waals surface area contributed by atoms with Gasteiger partial charge in [-0.15, -0.1) is 0 Å². The number of rotatable bonds is 0. The summed E-state index contributed by atoms with van der Waals surface area (Å²) in [6.07, 6.45) is 2.17. The maximum atomic E-state index is 11.6. The van der Waals surface area contributed by atoms with Crippen LogP contribution in [0.3, 0.4) is 0 Å². The molecule has 1 unspecified atom stereocenters. The molecule has 3 rings (SSSR count). The molecule has 0 amide bonds. The molecule has 1 atom stereocenters. The van der Waals surface area contributed by atoms with Crippen LogP contribution in [0, 0.1) is 0 Å². The van der Waals surface area contributed by atoms with Gasteiger partial charge in [-0.2, -0.15) is 0 Å². The van der Waals surface area contributed by atoms with E-state index in [0.717, 1.165) is 37.2 Å². The van der Waals surface area contributed by atoms with Crippen LogP contribution in [0.15, 0.2) is 9.59 Å². The van der Waals surface area contributed by atoms with Gasteiger partial charge in [-0.25, -0.2) is 4.79 Å². The third-order valence-corrected chi connectivity index (χ3v) is 3.12. The first-order valence-corrected chi connectivity index (χ1v) is 4.85. The van der Waals surface area contributed by atoms with E-state index in [1.165, 1.54) is 0 Å². The molecule has 5 heteroatoms. The summed E-state index contributed by atoms with van der Waals surface area (Å²) in [4.78, 5) is 29.9. The number of nitrogens with one attached hydrogen (secondary N) is 2. The van der Waals surface area contributed by atoms with Crippen molar-refractivity contribution in [1.82, 2.24) is 14.9 Å². The summed E-state index contributed by atoms with van der Waals surface area (Å²) in [7, 11) is 0. The molecule has 2 N–H and O–H groups in total. The first kappa shape index (κ1) is 7.99. The van der Waals surface area contributed by atoms with E-state index in [9.17, 15) is 9.59 Å². The van der Waals surface area contributed by atoms with Crippen molar-refractivity contribution in [1.29, 1.82) is 0 Å². The number of aromatic nitrogens is 2. The summed E-state index contributed by atoms with van der Waals surface area (Å²) in [6.45, 7) is 1.75. The van der Waals surface area contributed by atoms with Crippen LogP contribution in [0.1, 0.15) is 30.1 Å². The van der Waals surface area contributed by atoms with E-state index in [1.807, 2.05) is 0 Å². The largest absolute Gasteiger partial charge is 0.325 e. The smallest absolute Gasteiger partial charge is 0.310 e. The molecule has 74 valence electrons. The normalized spacial score (nSPS) is 25.0. The Balaban J connectivity index is 2.24. The molecule has 0 aromatic carbocycles. The fourth-order valence-electron chi connectivity index (χ4n) is 2.57. The van der Waals surface area contributed by atoms with Crippen LogP contribution in [0.25, 0.3) is 0 Å². The number of aromatic amines is 2. The lowest BCUT2D eigenvalue weighted by Crippen LogP contribution is -2.26. The summed E-state index contributed by atoms with van der Waals surface area (Å²) in [5, 5.41) is 0. The van der Waals surface area contributed by atoms with Gasteiger partial charge in [0.05, 0.1) is 5.56 Å². The van der Waals surface area contributed by atoms with Gasteiger partial charge in [0.15, 0.2) is 0 Å². The van der Waals surface area contributed by atoms with Gasteiger partial charge in [-0.1, -0.05) is 0 Å². The Morgan fingerprint density at radius 2 is 2.14 bits per heavy atom. The Hall–Kier alpha value is -1.36. The predicted molar refractivity (Wildman–Crippen MR) is 50.1 cm³/mol. The second kappa shape index (κ2) is 2.57. The average molecular weight is 193 g/mol. The molecule has 0 bridgehead atoms. The van der Waals surface area contributed by atoms with Crippen LogP contribution >= 0.6 is 0 Å². The molecule has 14 heavy (non-hydrogen) atoms. The van der Waals surface area contributed by atoms with Crippen LogP contribution < -0.4 is 11.2 Å². The molecule has 0 spiro atoms. The topological polar surface area (TPSA) is 69.0 Å². The average Bonchev–Trinajstić information content (AvgIpc) is 2.60. The van der Waals surface area contributed by atoms with Crippen molar-refractivity contribution in [2.24, 2.45) is 0 Å². The van der Waals surface area contributed by atoms with E-state index < -0.39 is 5.69 Å². The van der Waals surface area contributed by atoms with Gasteiger partial charge in [-0.05, 0) is 19.4 Å². The zero-order valence-electron chi connectivity index (χ0n) is 7.67. The van der Waals surface area contributed by atoms with Crippen molar-refractivity contribution in [3.05, 3.63) is 32.1 Å². The van der Waals surface area contributed by atoms with E-state index in [0.29, 0.717) is 0 Å². The second-order valence-electron chi connectivity index (χ2n) is 3.93. The first-order valence-electron chi connectivity index (χ1n) is 4.85. The lowest BCUT2D eigenvalue weighted by Gasteiger charge is -2.12. The third-order valence-electron chi connectivity index (χ3n) is 3.12. The van der Waals surface area contributed by atoms with Crippen molar-refractivity contribution in [2.75, 3.05) is 6.54 Å². The lowest BCUT2D eigenvalue weighted by atomic mass is 10.1. The summed E-state index contributed by atoms with van der Waals surface area (Å²) in [5.41, 5.74) is 0.985. The monoisotopic (exact) mass is 193 g/mol. The highest BCUT2D eigenvalue weighted by atomic mass is 16.2. The van der Waals surface area contributed by atoms with Gasteiger partial charge < -0.3 is 4.98 Å². The molecule has 1 fully saturated rings. The third kappa shape index (κ3) is 0.928. The van der Waals surface area contributed by atoms with Gasteiger partial charge in [0.25, 0.3) is 5.56 Å². The van der Waals surface area contributed by atoms with Crippen molar-refractivity contribution in [3.8, 4) is 0 Å². The van der Waals surface area contributed by atoms with Gasteiger partial charge in [0.2, 0.25) is 0 Å². The van der Waals surface area contributed by atoms with Gasteiger partial charge >= 0.3 is 5.69 Å². The van der Waals surface area contributed by atoms with Crippen LogP contribution in [-0.4, -0.2) is 21.4 Å². The summed E-state index contributed by atoms with van der Waals surface area (Å²) in [5.74, 6) is 0. The minimum Gasteiger partial charge on any atom is -0.310 e. The van der Waals surface area contributed by atoms with Crippen LogP contribution in [0.4, 0.5) is 0 Å². The van der Waals surface area contributed by atoms with E-state index in [4.69, 9.17) is 0 Å². The van der Waals surface area contributed by atoms with Gasteiger partial charge in [0, 0.05) is 18.3 Å². The van der Waals surface area contributed by atoms with Gasteiger partial charge in [0.1, 0.15) is 0 Å². The SMILES string of the molecule is O=c1[nH]c2c(c(=O)[nH]1)C1CCCN1C2. The molecule has 0 aliphatic carbocycles. The molecule has 3 heterocycles. The maximum absolute atomic E-state index is 11.6. The van der Waals surface area contributed by atoms with Crippen LogP contribution in [0.2, 0.25) is 0 Å². The summed E-state index contributed by atoms with van der Waals surface area (Å²) in [6, 6.07) is 0.241. The van der Waals surface area contributed by atoms with E-state index in [2.05, 4.69) is 14.9 Å². The Morgan fingerprint density at radius 3 is 3.00 bits per heavy atom. The standard InChI is InChI=1S/C9H11N3O2/c13-8-7-5(10-9(14)11-8)4-12-3-1-2-6(7)12/h6H,1-4H2,(H2,10,11,13,14). The molecule has 1 aromatic rings. The Bertz CT molecular complexity index is 488. The molecule has 0 radical (unpaired) electrons. The highest BCUT2D eigenvalue weighted by Gasteiger charge is 2.36. The fourth-order valence-corrected chi connectivity index (χ4v) is 2.57. The number of hydrogen-bond acceptors (Lipinski definition) is 3. The Labute approximate surface area is 79.8 Å². The summed E-state index contributed by atoms with van der Waals surface area (Å²) < 4.78 is 0. The number of H-pyrrole nitrogens is 2. The second-order valence-corrected chi connectivity index (χ2v) is 3.93. The lowest BCUT2D eigenvalue weighted by molar-refractivity contribution is 0.279. The summed E-state index contributed by atoms with van der Waals surface area (Å²) >= 11 is 0. The molecule has 5 nitrogen and oxygen atoms in total. The molecular weight excluding hydrogens is 182 g/mol. The highest BCUT2D eigenvalue weighted by Crippen LogP contribution is 2.37. The van der Waals surface area contributed by atoms with Crippen molar-refractivity contribution in [2.45, 2.75) is 25.4 Å². The van der Waals surface area contributed by atoms with Crippen molar-refractivity contribution in [3.63, 3.8) is 0 Å². The number of fused-ring (bicyclic) bond motifs is 3. The van der Waals surface area contributed by atoms with E-state index >= 15 is 0 Å².